The third kappa shape index (κ3) is 1.87. The predicted molar refractivity (Wildman–Crippen MR) is 48.3 cm³/mol. The van der Waals surface area contributed by atoms with Crippen LogP contribution in [-0.2, 0) is 4.79 Å². The number of hydrogen-bond donors (Lipinski definition) is 2. The van der Waals surface area contributed by atoms with Crippen molar-refractivity contribution < 1.29 is 4.79 Å². The Morgan fingerprint density at radius 3 is 3.08 bits per heavy atom. The monoisotopic (exact) mass is 166 g/mol. The summed E-state index contributed by atoms with van der Waals surface area (Å²) in [6.07, 6.45) is 5.65. The summed E-state index contributed by atoms with van der Waals surface area (Å²) in [4.78, 5) is 10.9. The highest BCUT2D eigenvalue weighted by Gasteiger charge is 2.11. The molecule has 66 valence electrons. The van der Waals surface area contributed by atoms with Crippen LogP contribution in [-0.4, -0.2) is 12.5 Å². The van der Waals surface area contributed by atoms with Gasteiger partial charge in [0.2, 0.25) is 5.91 Å². The number of allylic oxidation sites excluding steroid dienone is 2. The van der Waals surface area contributed by atoms with Crippen LogP contribution < -0.4 is 11.1 Å². The molecule has 0 atom stereocenters. The van der Waals surface area contributed by atoms with E-state index >= 15 is 0 Å². The molecule has 0 aromatic carbocycles. The van der Waals surface area contributed by atoms with Crippen LogP contribution in [0.25, 0.3) is 0 Å². The number of primary amides is 1. The fourth-order valence-corrected chi connectivity index (χ4v) is 1.29. The SMILES string of the molecule is CCNC1=C(C(N)=O)C=CCC1. The molecule has 0 heterocycles. The molecule has 0 aromatic heterocycles. The first-order valence-electron chi connectivity index (χ1n) is 4.19. The van der Waals surface area contributed by atoms with Gasteiger partial charge in [0.05, 0.1) is 5.57 Å². The molecule has 0 saturated heterocycles. The van der Waals surface area contributed by atoms with Crippen LogP contribution in [0.15, 0.2) is 23.4 Å². The molecule has 0 bridgehead atoms. The Morgan fingerprint density at radius 1 is 1.75 bits per heavy atom. The second-order valence-electron chi connectivity index (χ2n) is 2.73. The molecule has 0 unspecified atom stereocenters. The lowest BCUT2D eigenvalue weighted by atomic mass is 10.0. The van der Waals surface area contributed by atoms with Gasteiger partial charge >= 0.3 is 0 Å². The fourth-order valence-electron chi connectivity index (χ4n) is 1.29. The van der Waals surface area contributed by atoms with Crippen LogP contribution in [0.2, 0.25) is 0 Å². The Kier molecular flexibility index (Phi) is 2.91. The predicted octanol–water partition coefficient (Wildman–Crippen LogP) is 0.685. The summed E-state index contributed by atoms with van der Waals surface area (Å²) in [5, 5.41) is 3.14. The minimum Gasteiger partial charge on any atom is -0.388 e. The van der Waals surface area contributed by atoms with E-state index in [9.17, 15) is 4.79 Å². The molecule has 0 spiro atoms. The Hall–Kier alpha value is -1.25. The lowest BCUT2D eigenvalue weighted by Crippen LogP contribution is -2.23. The molecule has 1 aliphatic carbocycles. The van der Waals surface area contributed by atoms with Crippen molar-refractivity contribution in [3.8, 4) is 0 Å². The number of nitrogens with two attached hydrogens (primary N) is 1. The number of nitrogens with one attached hydrogen (secondary N) is 1. The third-order valence-electron chi connectivity index (χ3n) is 1.83. The van der Waals surface area contributed by atoms with Crippen LogP contribution in [0.1, 0.15) is 19.8 Å². The standard InChI is InChI=1S/C9H14N2O/c1-2-11-8-6-4-3-5-7(8)9(10)12/h3,5,11H,2,4,6H2,1H3,(H2,10,12). The molecule has 1 amide bonds. The topological polar surface area (TPSA) is 55.1 Å². The average Bonchev–Trinajstić information content (AvgIpc) is 2.05. The van der Waals surface area contributed by atoms with E-state index in [1.165, 1.54) is 0 Å². The summed E-state index contributed by atoms with van der Waals surface area (Å²) in [5.74, 6) is -0.345. The van der Waals surface area contributed by atoms with Gasteiger partial charge in [0, 0.05) is 12.2 Å². The molecule has 1 aliphatic rings. The van der Waals surface area contributed by atoms with Crippen molar-refractivity contribution >= 4 is 5.91 Å². The van der Waals surface area contributed by atoms with E-state index in [0.717, 1.165) is 25.1 Å². The van der Waals surface area contributed by atoms with Crippen molar-refractivity contribution in [3.05, 3.63) is 23.4 Å². The molecular formula is C9H14N2O. The lowest BCUT2D eigenvalue weighted by molar-refractivity contribution is -0.114. The molecule has 0 fully saturated rings. The van der Waals surface area contributed by atoms with Gasteiger partial charge in [-0.1, -0.05) is 12.2 Å². The fraction of sp³-hybridized carbons (Fsp3) is 0.444. The number of carbonyl (C=O) groups is 1. The van der Waals surface area contributed by atoms with Crippen LogP contribution in [0.3, 0.4) is 0 Å². The second kappa shape index (κ2) is 3.95. The summed E-state index contributed by atoms with van der Waals surface area (Å²) in [5.41, 5.74) is 6.81. The zero-order valence-corrected chi connectivity index (χ0v) is 7.26. The highest BCUT2D eigenvalue weighted by Crippen LogP contribution is 2.15. The van der Waals surface area contributed by atoms with E-state index in [0.29, 0.717) is 5.57 Å². The van der Waals surface area contributed by atoms with Crippen molar-refractivity contribution in [2.45, 2.75) is 19.8 Å². The third-order valence-corrected chi connectivity index (χ3v) is 1.83. The molecule has 1 rings (SSSR count). The summed E-state index contributed by atoms with van der Waals surface area (Å²) < 4.78 is 0. The first-order valence-corrected chi connectivity index (χ1v) is 4.19. The maximum atomic E-state index is 10.9. The van der Waals surface area contributed by atoms with Crippen LogP contribution in [0.5, 0.6) is 0 Å². The van der Waals surface area contributed by atoms with Gasteiger partial charge in [-0.2, -0.15) is 0 Å². The normalized spacial score (nSPS) is 16.4. The van der Waals surface area contributed by atoms with Gasteiger partial charge in [-0.3, -0.25) is 4.79 Å². The highest BCUT2D eigenvalue weighted by molar-refractivity contribution is 5.95. The minimum absolute atomic E-state index is 0.345. The molecule has 0 saturated carbocycles. The Labute approximate surface area is 72.3 Å². The summed E-state index contributed by atoms with van der Waals surface area (Å²) in [7, 11) is 0. The van der Waals surface area contributed by atoms with Crippen LogP contribution in [0, 0.1) is 0 Å². The summed E-state index contributed by atoms with van der Waals surface area (Å²) >= 11 is 0. The number of rotatable bonds is 3. The number of carbonyl (C=O) groups excluding carboxylic acids is 1. The van der Waals surface area contributed by atoms with E-state index in [-0.39, 0.29) is 5.91 Å². The van der Waals surface area contributed by atoms with Gasteiger partial charge in [-0.25, -0.2) is 0 Å². The van der Waals surface area contributed by atoms with Gasteiger partial charge in [0.1, 0.15) is 0 Å². The van der Waals surface area contributed by atoms with Crippen molar-refractivity contribution in [2.75, 3.05) is 6.54 Å². The van der Waals surface area contributed by atoms with E-state index in [2.05, 4.69) is 5.32 Å². The van der Waals surface area contributed by atoms with E-state index in [1.807, 2.05) is 13.0 Å². The van der Waals surface area contributed by atoms with E-state index in [4.69, 9.17) is 5.73 Å². The lowest BCUT2D eigenvalue weighted by Gasteiger charge is -2.14. The molecule has 3 N–H and O–H groups in total. The van der Waals surface area contributed by atoms with E-state index in [1.54, 1.807) is 6.08 Å². The van der Waals surface area contributed by atoms with Gasteiger partial charge in [-0.15, -0.1) is 0 Å². The maximum absolute atomic E-state index is 10.9. The molecule has 0 aromatic rings. The van der Waals surface area contributed by atoms with Crippen molar-refractivity contribution in [1.82, 2.24) is 5.32 Å². The number of hydrogen-bond acceptors (Lipinski definition) is 2. The Bertz CT molecular complexity index is 241. The van der Waals surface area contributed by atoms with Crippen LogP contribution in [0.4, 0.5) is 0 Å². The van der Waals surface area contributed by atoms with Gasteiger partial charge in [-0.05, 0) is 19.8 Å². The highest BCUT2D eigenvalue weighted by atomic mass is 16.1. The maximum Gasteiger partial charge on any atom is 0.250 e. The minimum atomic E-state index is -0.345. The zero-order chi connectivity index (χ0) is 8.97. The molecule has 0 radical (unpaired) electrons. The van der Waals surface area contributed by atoms with E-state index < -0.39 is 0 Å². The van der Waals surface area contributed by atoms with Crippen molar-refractivity contribution in [1.29, 1.82) is 0 Å². The Balaban J connectivity index is 2.84. The smallest absolute Gasteiger partial charge is 0.250 e. The summed E-state index contributed by atoms with van der Waals surface area (Å²) in [6, 6.07) is 0. The quantitative estimate of drug-likeness (QED) is 0.648. The Morgan fingerprint density at radius 2 is 2.50 bits per heavy atom. The van der Waals surface area contributed by atoms with Gasteiger partial charge < -0.3 is 11.1 Å². The summed E-state index contributed by atoms with van der Waals surface area (Å²) in [6.45, 7) is 2.84. The van der Waals surface area contributed by atoms with Crippen LogP contribution >= 0.6 is 0 Å². The molecule has 3 heteroatoms. The zero-order valence-electron chi connectivity index (χ0n) is 7.26. The molecular weight excluding hydrogens is 152 g/mol. The first kappa shape index (κ1) is 8.84. The number of amides is 1. The second-order valence-corrected chi connectivity index (χ2v) is 2.73. The largest absolute Gasteiger partial charge is 0.388 e. The molecule has 3 nitrogen and oxygen atoms in total. The molecule has 0 aliphatic heterocycles. The molecule has 12 heavy (non-hydrogen) atoms. The first-order chi connectivity index (χ1) is 5.75. The van der Waals surface area contributed by atoms with Crippen molar-refractivity contribution in [2.24, 2.45) is 5.73 Å². The van der Waals surface area contributed by atoms with Gasteiger partial charge in [0.15, 0.2) is 0 Å². The van der Waals surface area contributed by atoms with Crippen molar-refractivity contribution in [3.63, 3.8) is 0 Å². The van der Waals surface area contributed by atoms with Gasteiger partial charge in [0.25, 0.3) is 0 Å². The average molecular weight is 166 g/mol.